The highest BCUT2D eigenvalue weighted by atomic mass is 16.2. The molecule has 0 aromatic carbocycles. The fourth-order valence-corrected chi connectivity index (χ4v) is 1.04. The van der Waals surface area contributed by atoms with Gasteiger partial charge in [0.15, 0.2) is 0 Å². The van der Waals surface area contributed by atoms with Crippen LogP contribution in [-0.4, -0.2) is 38.7 Å². The van der Waals surface area contributed by atoms with Gasteiger partial charge in [0.2, 0.25) is 11.9 Å². The SMILES string of the molecule is Cn1nnnc1NCC(=O)NC1CC1. The maximum Gasteiger partial charge on any atom is 0.243 e. The molecule has 14 heavy (non-hydrogen) atoms. The number of amides is 1. The Balaban J connectivity index is 1.76. The van der Waals surface area contributed by atoms with Gasteiger partial charge in [0.25, 0.3) is 0 Å². The molecule has 76 valence electrons. The minimum Gasteiger partial charge on any atom is -0.352 e. The molecule has 0 radical (unpaired) electrons. The van der Waals surface area contributed by atoms with E-state index < -0.39 is 0 Å². The second kappa shape index (κ2) is 3.60. The first-order chi connectivity index (χ1) is 6.75. The highest BCUT2D eigenvalue weighted by Crippen LogP contribution is 2.18. The monoisotopic (exact) mass is 196 g/mol. The van der Waals surface area contributed by atoms with Gasteiger partial charge in [-0.15, -0.1) is 0 Å². The van der Waals surface area contributed by atoms with Gasteiger partial charge in [0, 0.05) is 13.1 Å². The Kier molecular flexibility index (Phi) is 2.30. The molecule has 1 aromatic heterocycles. The minimum absolute atomic E-state index is 0.0181. The van der Waals surface area contributed by atoms with Crippen molar-refractivity contribution < 1.29 is 4.79 Å². The summed E-state index contributed by atoms with van der Waals surface area (Å²) in [4.78, 5) is 11.2. The third kappa shape index (κ3) is 2.18. The summed E-state index contributed by atoms with van der Waals surface area (Å²) in [6.45, 7) is 0.213. The van der Waals surface area contributed by atoms with Crippen LogP contribution in [0.4, 0.5) is 5.95 Å². The van der Waals surface area contributed by atoms with Gasteiger partial charge in [-0.2, -0.15) is 0 Å². The van der Waals surface area contributed by atoms with Crippen molar-refractivity contribution >= 4 is 11.9 Å². The Morgan fingerprint density at radius 3 is 3.00 bits per heavy atom. The Hall–Kier alpha value is -1.66. The number of nitrogens with zero attached hydrogens (tertiary/aromatic N) is 4. The molecule has 0 saturated heterocycles. The van der Waals surface area contributed by atoms with Crippen LogP contribution in [0.3, 0.4) is 0 Å². The average molecular weight is 196 g/mol. The first kappa shape index (κ1) is 8.92. The zero-order chi connectivity index (χ0) is 9.97. The highest BCUT2D eigenvalue weighted by Gasteiger charge is 2.22. The number of carbonyl (C=O) groups excluding carboxylic acids is 1. The molecule has 1 fully saturated rings. The lowest BCUT2D eigenvalue weighted by Gasteiger charge is -2.04. The van der Waals surface area contributed by atoms with Crippen LogP contribution in [0.5, 0.6) is 0 Å². The van der Waals surface area contributed by atoms with E-state index in [-0.39, 0.29) is 12.5 Å². The predicted octanol–water partition coefficient (Wildman–Crippen LogP) is -1.10. The van der Waals surface area contributed by atoms with E-state index in [1.54, 1.807) is 7.05 Å². The Bertz CT molecular complexity index is 331. The summed E-state index contributed by atoms with van der Waals surface area (Å²) in [6, 6.07) is 0.391. The third-order valence-corrected chi connectivity index (χ3v) is 1.97. The smallest absolute Gasteiger partial charge is 0.243 e. The lowest BCUT2D eigenvalue weighted by Crippen LogP contribution is -2.31. The Morgan fingerprint density at radius 2 is 2.43 bits per heavy atom. The first-order valence-corrected chi connectivity index (χ1v) is 4.51. The molecule has 0 aliphatic heterocycles. The standard InChI is InChI=1S/C7H12N6O/c1-13-7(10-11-12-13)8-4-6(14)9-5-2-3-5/h5H,2-4H2,1H3,(H,9,14)(H,8,10,12). The van der Waals surface area contributed by atoms with Crippen molar-refractivity contribution in [2.75, 3.05) is 11.9 Å². The van der Waals surface area contributed by atoms with Crippen LogP contribution < -0.4 is 10.6 Å². The van der Waals surface area contributed by atoms with Crippen LogP contribution in [0.15, 0.2) is 0 Å². The lowest BCUT2D eigenvalue weighted by atomic mass is 10.5. The van der Waals surface area contributed by atoms with Gasteiger partial charge < -0.3 is 10.6 Å². The van der Waals surface area contributed by atoms with Gasteiger partial charge in [-0.3, -0.25) is 4.79 Å². The van der Waals surface area contributed by atoms with Gasteiger partial charge in [-0.05, 0) is 23.3 Å². The van der Waals surface area contributed by atoms with Gasteiger partial charge in [-0.1, -0.05) is 5.10 Å². The predicted molar refractivity (Wildman–Crippen MR) is 48.5 cm³/mol. The highest BCUT2D eigenvalue weighted by molar-refractivity contribution is 5.80. The van der Waals surface area contributed by atoms with Crippen LogP contribution in [0.25, 0.3) is 0 Å². The molecule has 2 N–H and O–H groups in total. The van der Waals surface area contributed by atoms with Gasteiger partial charge in [0.05, 0.1) is 6.54 Å². The second-order valence-electron chi connectivity index (χ2n) is 3.32. The average Bonchev–Trinajstić information content (AvgIpc) is 2.86. The molecule has 1 aliphatic carbocycles. The van der Waals surface area contributed by atoms with Crippen LogP contribution in [-0.2, 0) is 11.8 Å². The maximum absolute atomic E-state index is 11.2. The topological polar surface area (TPSA) is 84.7 Å². The molecule has 7 heteroatoms. The molecular formula is C7H12N6O. The number of aryl methyl sites for hydroxylation is 1. The second-order valence-corrected chi connectivity index (χ2v) is 3.32. The van der Waals surface area contributed by atoms with Crippen molar-refractivity contribution in [3.63, 3.8) is 0 Å². The molecule has 1 saturated carbocycles. The molecular weight excluding hydrogens is 184 g/mol. The van der Waals surface area contributed by atoms with E-state index in [2.05, 4.69) is 26.2 Å². The summed E-state index contributed by atoms with van der Waals surface area (Å²) in [5, 5.41) is 16.5. The van der Waals surface area contributed by atoms with Crippen molar-refractivity contribution in [2.24, 2.45) is 7.05 Å². The number of hydrogen-bond donors (Lipinski definition) is 2. The quantitative estimate of drug-likeness (QED) is 0.638. The molecule has 0 atom stereocenters. The molecule has 0 unspecified atom stereocenters. The fraction of sp³-hybridized carbons (Fsp3) is 0.714. The molecule has 7 nitrogen and oxygen atoms in total. The summed E-state index contributed by atoms with van der Waals surface area (Å²) in [6.07, 6.45) is 2.19. The van der Waals surface area contributed by atoms with Crippen LogP contribution in [0, 0.1) is 0 Å². The van der Waals surface area contributed by atoms with Gasteiger partial charge in [-0.25, -0.2) is 4.68 Å². The van der Waals surface area contributed by atoms with E-state index in [4.69, 9.17) is 0 Å². The van der Waals surface area contributed by atoms with E-state index in [1.807, 2.05) is 0 Å². The van der Waals surface area contributed by atoms with E-state index in [0.29, 0.717) is 12.0 Å². The van der Waals surface area contributed by atoms with E-state index in [0.717, 1.165) is 12.8 Å². The third-order valence-electron chi connectivity index (χ3n) is 1.97. The van der Waals surface area contributed by atoms with Gasteiger partial charge in [0.1, 0.15) is 0 Å². The summed E-state index contributed by atoms with van der Waals surface area (Å²) >= 11 is 0. The zero-order valence-electron chi connectivity index (χ0n) is 7.90. The normalized spacial score (nSPS) is 15.2. The van der Waals surface area contributed by atoms with E-state index >= 15 is 0 Å². The van der Waals surface area contributed by atoms with Crippen molar-refractivity contribution in [3.8, 4) is 0 Å². The molecule has 1 amide bonds. The molecule has 1 aliphatic rings. The van der Waals surface area contributed by atoms with Crippen LogP contribution >= 0.6 is 0 Å². The fourth-order valence-electron chi connectivity index (χ4n) is 1.04. The molecule has 2 rings (SSSR count). The van der Waals surface area contributed by atoms with E-state index in [9.17, 15) is 4.79 Å². The van der Waals surface area contributed by atoms with Crippen LogP contribution in [0.2, 0.25) is 0 Å². The van der Waals surface area contributed by atoms with Crippen molar-refractivity contribution in [2.45, 2.75) is 18.9 Å². The summed E-state index contributed by atoms with van der Waals surface area (Å²) in [7, 11) is 1.71. The molecule has 1 aromatic rings. The summed E-state index contributed by atoms with van der Waals surface area (Å²) in [5.41, 5.74) is 0. The number of aromatic nitrogens is 4. The Labute approximate surface area is 80.9 Å². The largest absolute Gasteiger partial charge is 0.352 e. The first-order valence-electron chi connectivity index (χ1n) is 4.51. The zero-order valence-corrected chi connectivity index (χ0v) is 7.90. The summed E-state index contributed by atoms with van der Waals surface area (Å²) in [5.74, 6) is 0.478. The van der Waals surface area contributed by atoms with Crippen molar-refractivity contribution in [3.05, 3.63) is 0 Å². The van der Waals surface area contributed by atoms with E-state index in [1.165, 1.54) is 4.68 Å². The number of nitrogens with one attached hydrogen (secondary N) is 2. The number of anilines is 1. The van der Waals surface area contributed by atoms with Crippen molar-refractivity contribution in [1.82, 2.24) is 25.5 Å². The number of carbonyl (C=O) groups is 1. The minimum atomic E-state index is -0.0181. The summed E-state index contributed by atoms with van der Waals surface area (Å²) < 4.78 is 1.48. The molecule has 0 bridgehead atoms. The van der Waals surface area contributed by atoms with Gasteiger partial charge >= 0.3 is 0 Å². The number of hydrogen-bond acceptors (Lipinski definition) is 5. The molecule has 1 heterocycles. The molecule has 0 spiro atoms. The lowest BCUT2D eigenvalue weighted by molar-refractivity contribution is -0.119. The van der Waals surface area contributed by atoms with Crippen LogP contribution in [0.1, 0.15) is 12.8 Å². The Morgan fingerprint density at radius 1 is 1.64 bits per heavy atom. The number of rotatable bonds is 4. The van der Waals surface area contributed by atoms with Crippen molar-refractivity contribution in [1.29, 1.82) is 0 Å². The maximum atomic E-state index is 11.2. The number of tetrazole rings is 1.